The molecule has 0 spiro atoms. The molecule has 0 aliphatic heterocycles. The van der Waals surface area contributed by atoms with Crippen LogP contribution in [0.4, 0.5) is 0 Å². The van der Waals surface area contributed by atoms with E-state index in [-0.39, 0.29) is 6.04 Å². The largest absolute Gasteiger partial charge is 0.759 e. The zero-order valence-electron chi connectivity index (χ0n) is 8.52. The molecule has 88 valence electrons. The van der Waals surface area contributed by atoms with Gasteiger partial charge in [0.2, 0.25) is 0 Å². The van der Waals surface area contributed by atoms with Crippen LogP contribution in [0, 0.1) is 0 Å². The third kappa shape index (κ3) is 7.86. The molecule has 0 unspecified atom stereocenters. The van der Waals surface area contributed by atoms with Crippen LogP contribution >= 0.6 is 0 Å². The van der Waals surface area contributed by atoms with Gasteiger partial charge in [0.1, 0.15) is 0 Å². The number of pyridine rings is 1. The topological polar surface area (TPSA) is 84.1 Å². The fourth-order valence-electron chi connectivity index (χ4n) is 0.950. The van der Waals surface area contributed by atoms with Gasteiger partial charge in [-0.15, -0.1) is 0 Å². The second kappa shape index (κ2) is 6.89. The normalized spacial score (nSPS) is 10.2. The number of hydrogen-bond donors (Lipinski definition) is 0. The summed E-state index contributed by atoms with van der Waals surface area (Å²) in [5.74, 6) is 0. The predicted molar refractivity (Wildman–Crippen MR) is 56.5 cm³/mol. The van der Waals surface area contributed by atoms with Crippen LogP contribution in [0.5, 0.6) is 0 Å². The molecular weight excluding hydrogens is 230 g/mol. The maximum absolute atomic E-state index is 8.52. The van der Waals surface area contributed by atoms with Gasteiger partial charge in [-0.05, 0) is 12.2 Å². The van der Waals surface area contributed by atoms with Crippen LogP contribution in [-0.2, 0) is 10.4 Å². The van der Waals surface area contributed by atoms with Crippen molar-refractivity contribution in [2.24, 2.45) is 0 Å². The summed E-state index contributed by atoms with van der Waals surface area (Å²) in [4.78, 5) is 0. The van der Waals surface area contributed by atoms with E-state index in [2.05, 4.69) is 13.2 Å². The number of allylic oxidation sites excluding steroid dienone is 2. The van der Waals surface area contributed by atoms with Crippen molar-refractivity contribution >= 4 is 10.4 Å². The number of hydrogen-bond acceptors (Lipinski definition) is 4. The van der Waals surface area contributed by atoms with Gasteiger partial charge >= 0.3 is 0 Å². The average molecular weight is 242 g/mol. The van der Waals surface area contributed by atoms with Crippen LogP contribution < -0.4 is 4.57 Å². The summed E-state index contributed by atoms with van der Waals surface area (Å²) in [6, 6.07) is 6.16. The third-order valence-corrected chi connectivity index (χ3v) is 1.57. The Hall–Kier alpha value is -1.50. The highest BCUT2D eigenvalue weighted by molar-refractivity contribution is 7.79. The van der Waals surface area contributed by atoms with Crippen LogP contribution in [0.2, 0.25) is 0 Å². The van der Waals surface area contributed by atoms with E-state index in [1.165, 1.54) is 0 Å². The first-order valence-electron chi connectivity index (χ1n) is 4.26. The van der Waals surface area contributed by atoms with Crippen molar-refractivity contribution in [2.75, 3.05) is 0 Å². The molecule has 5 nitrogen and oxygen atoms in total. The van der Waals surface area contributed by atoms with Crippen molar-refractivity contribution in [3.63, 3.8) is 0 Å². The van der Waals surface area contributed by atoms with Gasteiger partial charge in [-0.2, -0.15) is 4.57 Å². The molecule has 0 atom stereocenters. The third-order valence-electron chi connectivity index (χ3n) is 1.57. The Morgan fingerprint density at radius 2 is 1.44 bits per heavy atom. The minimum atomic E-state index is -5.17. The number of nitrogens with zero attached hydrogens (tertiary/aromatic N) is 1. The Balaban J connectivity index is 0.000000385. The van der Waals surface area contributed by atoms with E-state index in [0.29, 0.717) is 0 Å². The van der Waals surface area contributed by atoms with Gasteiger partial charge in [0.25, 0.3) is 0 Å². The molecular formula is C10H12NO4S-. The van der Waals surface area contributed by atoms with Crippen molar-refractivity contribution in [1.82, 2.24) is 0 Å². The van der Waals surface area contributed by atoms with Crippen LogP contribution in [0.25, 0.3) is 0 Å². The van der Waals surface area contributed by atoms with Crippen molar-refractivity contribution in [3.8, 4) is 0 Å². The zero-order valence-corrected chi connectivity index (χ0v) is 9.34. The molecule has 1 aromatic rings. The van der Waals surface area contributed by atoms with Crippen molar-refractivity contribution in [3.05, 3.63) is 55.9 Å². The quantitative estimate of drug-likeness (QED) is 0.335. The Morgan fingerprint density at radius 1 is 1.06 bits per heavy atom. The van der Waals surface area contributed by atoms with E-state index in [9.17, 15) is 0 Å². The molecule has 1 heterocycles. The second-order valence-electron chi connectivity index (χ2n) is 2.69. The van der Waals surface area contributed by atoms with Crippen molar-refractivity contribution in [1.29, 1.82) is 0 Å². The summed E-state index contributed by atoms with van der Waals surface area (Å²) < 4.78 is 36.1. The van der Waals surface area contributed by atoms with E-state index in [1.807, 2.05) is 47.3 Å². The van der Waals surface area contributed by atoms with Crippen LogP contribution in [0.1, 0.15) is 6.04 Å². The zero-order chi connectivity index (χ0) is 12.6. The van der Waals surface area contributed by atoms with Crippen LogP contribution in [0.3, 0.4) is 0 Å². The van der Waals surface area contributed by atoms with E-state index in [1.54, 1.807) is 0 Å². The summed E-state index contributed by atoms with van der Waals surface area (Å²) in [6.07, 6.45) is 7.70. The highest BCUT2D eigenvalue weighted by Crippen LogP contribution is 1.96. The van der Waals surface area contributed by atoms with Gasteiger partial charge in [0.15, 0.2) is 18.4 Å². The lowest BCUT2D eigenvalue weighted by molar-refractivity contribution is -0.701. The Labute approximate surface area is 94.9 Å². The maximum atomic E-state index is 8.52. The lowest BCUT2D eigenvalue weighted by Crippen LogP contribution is -2.35. The molecule has 1 rings (SSSR count). The molecule has 0 bridgehead atoms. The van der Waals surface area contributed by atoms with Crippen molar-refractivity contribution in [2.45, 2.75) is 6.04 Å². The van der Waals surface area contributed by atoms with Crippen LogP contribution in [-0.4, -0.2) is 17.5 Å². The lowest BCUT2D eigenvalue weighted by Gasteiger charge is -2.06. The minimum absolute atomic E-state index is 0.205. The molecule has 1 aromatic heterocycles. The molecule has 16 heavy (non-hydrogen) atoms. The molecule has 0 aliphatic carbocycles. The fraction of sp³-hybridized carbons (Fsp3) is 0.100. The maximum Gasteiger partial charge on any atom is 0.194 e. The van der Waals surface area contributed by atoms with Gasteiger partial charge in [-0.25, -0.2) is 0 Å². The van der Waals surface area contributed by atoms with Crippen LogP contribution in [0.15, 0.2) is 55.9 Å². The first kappa shape index (κ1) is 14.5. The van der Waals surface area contributed by atoms with E-state index < -0.39 is 10.4 Å². The summed E-state index contributed by atoms with van der Waals surface area (Å²) in [7, 11) is -5.17. The minimum Gasteiger partial charge on any atom is -0.759 e. The monoisotopic (exact) mass is 242 g/mol. The molecule has 0 aliphatic rings. The first-order chi connectivity index (χ1) is 7.38. The van der Waals surface area contributed by atoms with Crippen molar-refractivity contribution < 1.29 is 22.1 Å². The van der Waals surface area contributed by atoms with E-state index in [0.717, 1.165) is 0 Å². The smallest absolute Gasteiger partial charge is 0.194 e. The first-order valence-corrected chi connectivity index (χ1v) is 5.59. The summed E-state index contributed by atoms with van der Waals surface area (Å²) in [5, 5.41) is 0. The highest BCUT2D eigenvalue weighted by atomic mass is 32.3. The van der Waals surface area contributed by atoms with Gasteiger partial charge in [-0.1, -0.05) is 19.2 Å². The molecule has 0 saturated carbocycles. The Bertz CT molecular complexity index is 411. The molecule has 0 radical (unpaired) electrons. The van der Waals surface area contributed by atoms with Gasteiger partial charge in [0, 0.05) is 22.5 Å². The predicted octanol–water partition coefficient (Wildman–Crippen LogP) is 0.549. The Morgan fingerprint density at radius 3 is 1.75 bits per heavy atom. The lowest BCUT2D eigenvalue weighted by atomic mass is 10.3. The van der Waals surface area contributed by atoms with Gasteiger partial charge in [-0.3, -0.25) is 8.42 Å². The summed E-state index contributed by atoms with van der Waals surface area (Å²) in [6.45, 7) is 7.43. The molecule has 0 amide bonds. The van der Waals surface area contributed by atoms with E-state index in [4.69, 9.17) is 17.5 Å². The second-order valence-corrected chi connectivity index (χ2v) is 3.51. The summed E-state index contributed by atoms with van der Waals surface area (Å²) >= 11 is 0. The SMILES string of the molecule is C=CC(C=C)[n+]1ccccc1.O=S(=O)([O-])[O-]. The average Bonchev–Trinajstić information content (AvgIpc) is 2.19. The molecule has 0 fully saturated rings. The highest BCUT2D eigenvalue weighted by Gasteiger charge is 2.06. The fourth-order valence-corrected chi connectivity index (χ4v) is 0.950. The van der Waals surface area contributed by atoms with Gasteiger partial charge < -0.3 is 9.11 Å². The molecule has 6 heteroatoms. The molecule has 0 aromatic carbocycles. The van der Waals surface area contributed by atoms with E-state index >= 15 is 0 Å². The molecule has 0 N–H and O–H groups in total. The molecule has 0 saturated heterocycles. The Kier molecular flexibility index (Phi) is 6.24. The van der Waals surface area contributed by atoms with Gasteiger partial charge in [0.05, 0.1) is 0 Å². The standard InChI is InChI=1S/C10H12N.H2O4S/c1-3-10(4-2)11-8-6-5-7-9-11;1-5(2,3)4/h3-10H,1-2H2;(H2,1,2,3,4)/q+1;/p-2. The number of aromatic nitrogens is 1. The summed E-state index contributed by atoms with van der Waals surface area (Å²) in [5.41, 5.74) is 0. The number of rotatable bonds is 3.